The molecule has 2 aromatic rings. The molecule has 1 heterocycles. The molecular formula is C11H10BrNO. The lowest BCUT2D eigenvalue weighted by atomic mass is 10.2. The summed E-state index contributed by atoms with van der Waals surface area (Å²) in [5.74, 6) is 0.834. The smallest absolute Gasteiger partial charge is 0.121 e. The highest BCUT2D eigenvalue weighted by molar-refractivity contribution is 9.10. The standard InChI is InChI=1S/C11H10BrNO/c1-7-5-8-3-4-9(14-2)6-10(8)13-11(7)12/h3-6H,1-2H3. The van der Waals surface area contributed by atoms with Crippen LogP contribution < -0.4 is 4.74 Å². The van der Waals surface area contributed by atoms with Crippen LogP contribution in [0.4, 0.5) is 0 Å². The Balaban J connectivity index is 2.70. The van der Waals surface area contributed by atoms with E-state index in [0.717, 1.165) is 26.8 Å². The molecule has 72 valence electrons. The molecule has 0 N–H and O–H groups in total. The number of hydrogen-bond acceptors (Lipinski definition) is 2. The third-order valence-electron chi connectivity index (χ3n) is 2.15. The molecule has 14 heavy (non-hydrogen) atoms. The zero-order valence-electron chi connectivity index (χ0n) is 8.04. The van der Waals surface area contributed by atoms with Crippen LogP contribution in [-0.4, -0.2) is 12.1 Å². The van der Waals surface area contributed by atoms with Gasteiger partial charge in [0.25, 0.3) is 0 Å². The van der Waals surface area contributed by atoms with E-state index in [-0.39, 0.29) is 0 Å². The van der Waals surface area contributed by atoms with Crippen molar-refractivity contribution in [2.45, 2.75) is 6.92 Å². The predicted molar refractivity (Wildman–Crippen MR) is 60.7 cm³/mol. The van der Waals surface area contributed by atoms with Crippen LogP contribution in [0.2, 0.25) is 0 Å². The minimum atomic E-state index is 0.834. The number of benzene rings is 1. The molecule has 0 aliphatic heterocycles. The number of nitrogens with zero attached hydrogens (tertiary/aromatic N) is 1. The third-order valence-corrected chi connectivity index (χ3v) is 2.96. The fourth-order valence-electron chi connectivity index (χ4n) is 1.36. The summed E-state index contributed by atoms with van der Waals surface area (Å²) >= 11 is 3.41. The van der Waals surface area contributed by atoms with E-state index in [1.807, 2.05) is 25.1 Å². The second-order valence-corrected chi connectivity index (χ2v) is 3.91. The van der Waals surface area contributed by atoms with E-state index >= 15 is 0 Å². The number of aromatic nitrogens is 1. The van der Waals surface area contributed by atoms with Crippen LogP contribution in [0.1, 0.15) is 5.56 Å². The molecule has 0 saturated heterocycles. The minimum absolute atomic E-state index is 0.834. The van der Waals surface area contributed by atoms with Crippen LogP contribution >= 0.6 is 15.9 Å². The van der Waals surface area contributed by atoms with Crippen LogP contribution in [0.5, 0.6) is 5.75 Å². The molecule has 2 nitrogen and oxygen atoms in total. The number of methoxy groups -OCH3 is 1. The highest BCUT2D eigenvalue weighted by Crippen LogP contribution is 2.23. The van der Waals surface area contributed by atoms with Gasteiger partial charge in [0.05, 0.1) is 12.6 Å². The Labute approximate surface area is 91.0 Å². The first kappa shape index (κ1) is 9.46. The Morgan fingerprint density at radius 2 is 2.07 bits per heavy atom. The Morgan fingerprint density at radius 1 is 1.29 bits per heavy atom. The van der Waals surface area contributed by atoms with Gasteiger partial charge in [-0.05, 0) is 46.6 Å². The molecule has 0 bridgehead atoms. The Morgan fingerprint density at radius 3 is 2.79 bits per heavy atom. The predicted octanol–water partition coefficient (Wildman–Crippen LogP) is 3.31. The number of rotatable bonds is 1. The van der Waals surface area contributed by atoms with Gasteiger partial charge in [-0.1, -0.05) is 0 Å². The van der Waals surface area contributed by atoms with Gasteiger partial charge in [-0.2, -0.15) is 0 Å². The van der Waals surface area contributed by atoms with E-state index in [4.69, 9.17) is 4.74 Å². The van der Waals surface area contributed by atoms with Crippen LogP contribution in [0.25, 0.3) is 10.9 Å². The summed E-state index contributed by atoms with van der Waals surface area (Å²) in [6.07, 6.45) is 0. The van der Waals surface area contributed by atoms with E-state index in [2.05, 4.69) is 27.0 Å². The summed E-state index contributed by atoms with van der Waals surface area (Å²) < 4.78 is 6.02. The van der Waals surface area contributed by atoms with Crippen LogP contribution in [0.3, 0.4) is 0 Å². The number of fused-ring (bicyclic) bond motifs is 1. The maximum atomic E-state index is 5.14. The van der Waals surface area contributed by atoms with E-state index in [1.165, 1.54) is 0 Å². The second kappa shape index (κ2) is 3.58. The molecule has 0 unspecified atom stereocenters. The molecular weight excluding hydrogens is 242 g/mol. The normalized spacial score (nSPS) is 10.5. The van der Waals surface area contributed by atoms with Crippen molar-refractivity contribution in [3.8, 4) is 5.75 Å². The summed E-state index contributed by atoms with van der Waals surface area (Å²) in [5.41, 5.74) is 2.09. The van der Waals surface area contributed by atoms with Crippen molar-refractivity contribution in [2.24, 2.45) is 0 Å². The van der Waals surface area contributed by atoms with Crippen molar-refractivity contribution in [1.82, 2.24) is 4.98 Å². The van der Waals surface area contributed by atoms with Crippen molar-refractivity contribution in [2.75, 3.05) is 7.11 Å². The first-order valence-corrected chi connectivity index (χ1v) is 5.11. The summed E-state index contributed by atoms with van der Waals surface area (Å²) in [5, 5.41) is 1.13. The first-order chi connectivity index (χ1) is 6.70. The average molecular weight is 252 g/mol. The molecule has 1 aromatic carbocycles. The maximum absolute atomic E-state index is 5.14. The number of aryl methyl sites for hydroxylation is 1. The third kappa shape index (κ3) is 1.60. The first-order valence-electron chi connectivity index (χ1n) is 4.31. The van der Waals surface area contributed by atoms with Crippen molar-refractivity contribution in [1.29, 1.82) is 0 Å². The summed E-state index contributed by atoms with van der Waals surface area (Å²) in [6.45, 7) is 2.03. The van der Waals surface area contributed by atoms with Gasteiger partial charge < -0.3 is 4.74 Å². The highest BCUT2D eigenvalue weighted by atomic mass is 79.9. The monoisotopic (exact) mass is 251 g/mol. The maximum Gasteiger partial charge on any atom is 0.121 e. The van der Waals surface area contributed by atoms with Gasteiger partial charge in [0.15, 0.2) is 0 Å². The average Bonchev–Trinajstić information content (AvgIpc) is 2.19. The Hall–Kier alpha value is -1.09. The van der Waals surface area contributed by atoms with E-state index in [0.29, 0.717) is 0 Å². The minimum Gasteiger partial charge on any atom is -0.497 e. The van der Waals surface area contributed by atoms with Crippen LogP contribution in [0.15, 0.2) is 28.9 Å². The molecule has 3 heteroatoms. The van der Waals surface area contributed by atoms with Crippen LogP contribution in [-0.2, 0) is 0 Å². The molecule has 0 aliphatic rings. The van der Waals surface area contributed by atoms with Gasteiger partial charge in [0.1, 0.15) is 10.4 Å². The zero-order valence-corrected chi connectivity index (χ0v) is 9.63. The summed E-state index contributed by atoms with van der Waals surface area (Å²) in [6, 6.07) is 7.99. The van der Waals surface area contributed by atoms with E-state index in [1.54, 1.807) is 7.11 Å². The second-order valence-electron chi connectivity index (χ2n) is 3.15. The fraction of sp³-hybridized carbons (Fsp3) is 0.182. The van der Waals surface area contributed by atoms with Gasteiger partial charge >= 0.3 is 0 Å². The highest BCUT2D eigenvalue weighted by Gasteiger charge is 2.01. The molecule has 0 spiro atoms. The van der Waals surface area contributed by atoms with Gasteiger partial charge in [0.2, 0.25) is 0 Å². The topological polar surface area (TPSA) is 22.1 Å². The molecule has 0 radical (unpaired) electrons. The van der Waals surface area contributed by atoms with Crippen molar-refractivity contribution in [3.05, 3.63) is 34.4 Å². The largest absolute Gasteiger partial charge is 0.497 e. The van der Waals surface area contributed by atoms with Gasteiger partial charge in [-0.15, -0.1) is 0 Å². The summed E-state index contributed by atoms with van der Waals surface area (Å²) in [7, 11) is 1.66. The molecule has 0 saturated carbocycles. The Kier molecular flexibility index (Phi) is 2.42. The van der Waals surface area contributed by atoms with E-state index < -0.39 is 0 Å². The zero-order chi connectivity index (χ0) is 10.1. The number of pyridine rings is 1. The number of halogens is 1. The molecule has 0 amide bonds. The van der Waals surface area contributed by atoms with Gasteiger partial charge in [0, 0.05) is 11.5 Å². The van der Waals surface area contributed by atoms with E-state index in [9.17, 15) is 0 Å². The lowest BCUT2D eigenvalue weighted by Crippen LogP contribution is -1.87. The molecule has 1 aromatic heterocycles. The lowest BCUT2D eigenvalue weighted by molar-refractivity contribution is 0.415. The molecule has 0 aliphatic carbocycles. The van der Waals surface area contributed by atoms with Crippen LogP contribution in [0, 0.1) is 6.92 Å². The van der Waals surface area contributed by atoms with Crippen molar-refractivity contribution in [3.63, 3.8) is 0 Å². The quantitative estimate of drug-likeness (QED) is 0.726. The molecule has 0 atom stereocenters. The van der Waals surface area contributed by atoms with Gasteiger partial charge in [-0.25, -0.2) is 4.98 Å². The van der Waals surface area contributed by atoms with Crippen molar-refractivity contribution >= 4 is 26.8 Å². The SMILES string of the molecule is COc1ccc2cc(C)c(Br)nc2c1. The van der Waals surface area contributed by atoms with Gasteiger partial charge in [-0.3, -0.25) is 0 Å². The Bertz CT molecular complexity index is 482. The number of hydrogen-bond donors (Lipinski definition) is 0. The fourth-order valence-corrected chi connectivity index (χ4v) is 1.66. The number of ether oxygens (including phenoxy) is 1. The summed E-state index contributed by atoms with van der Waals surface area (Å²) in [4.78, 5) is 4.42. The molecule has 2 rings (SSSR count). The lowest BCUT2D eigenvalue weighted by Gasteiger charge is -2.04. The van der Waals surface area contributed by atoms with Crippen molar-refractivity contribution < 1.29 is 4.74 Å². The molecule has 0 fully saturated rings.